The molecule has 0 aliphatic carbocycles. The van der Waals surface area contributed by atoms with E-state index in [-0.39, 0.29) is 11.9 Å². The van der Waals surface area contributed by atoms with Crippen molar-refractivity contribution in [3.05, 3.63) is 48.2 Å². The molecule has 0 unspecified atom stereocenters. The highest BCUT2D eigenvalue weighted by Gasteiger charge is 2.19. The van der Waals surface area contributed by atoms with Crippen molar-refractivity contribution >= 4 is 16.9 Å². The fourth-order valence-electron chi connectivity index (χ4n) is 2.57. The molecule has 0 spiro atoms. The highest BCUT2D eigenvalue weighted by Crippen LogP contribution is 2.26. The summed E-state index contributed by atoms with van der Waals surface area (Å²) in [4.78, 5) is 18.9. The van der Waals surface area contributed by atoms with E-state index in [0.29, 0.717) is 5.56 Å². The van der Waals surface area contributed by atoms with E-state index in [4.69, 9.17) is 4.98 Å². The van der Waals surface area contributed by atoms with Gasteiger partial charge in [0.15, 0.2) is 5.65 Å². The van der Waals surface area contributed by atoms with E-state index in [1.165, 1.54) is 0 Å². The van der Waals surface area contributed by atoms with Crippen molar-refractivity contribution in [1.82, 2.24) is 19.7 Å². The van der Waals surface area contributed by atoms with Gasteiger partial charge in [0.25, 0.3) is 5.91 Å². The monoisotopic (exact) mass is 308 g/mol. The van der Waals surface area contributed by atoms with Crippen molar-refractivity contribution in [2.75, 3.05) is 14.1 Å². The lowest BCUT2D eigenvalue weighted by molar-refractivity contribution is 0.0829. The molecule has 0 N–H and O–H groups in total. The molecule has 0 aliphatic rings. The number of carbonyl (C=O) groups excluding carboxylic acids is 1. The minimum Gasteiger partial charge on any atom is -0.345 e. The van der Waals surface area contributed by atoms with Crippen LogP contribution in [0.4, 0.5) is 0 Å². The van der Waals surface area contributed by atoms with E-state index in [0.717, 1.165) is 22.3 Å². The summed E-state index contributed by atoms with van der Waals surface area (Å²) in [5.74, 6) is -0.0436. The van der Waals surface area contributed by atoms with Crippen LogP contribution < -0.4 is 0 Å². The first-order chi connectivity index (χ1) is 11.0. The molecule has 0 radical (unpaired) electrons. The van der Waals surface area contributed by atoms with E-state index >= 15 is 0 Å². The zero-order valence-electron chi connectivity index (χ0n) is 13.8. The Hall–Kier alpha value is -2.69. The lowest BCUT2D eigenvalue weighted by Gasteiger charge is -2.13. The van der Waals surface area contributed by atoms with Crippen molar-refractivity contribution in [2.24, 2.45) is 0 Å². The van der Waals surface area contributed by atoms with Gasteiger partial charge >= 0.3 is 0 Å². The molecule has 3 aromatic rings. The van der Waals surface area contributed by atoms with E-state index in [1.807, 2.05) is 41.1 Å². The Kier molecular flexibility index (Phi) is 3.86. The van der Waals surface area contributed by atoms with Crippen LogP contribution in [0.25, 0.3) is 22.3 Å². The van der Waals surface area contributed by atoms with Crippen LogP contribution in [0, 0.1) is 0 Å². The van der Waals surface area contributed by atoms with Crippen molar-refractivity contribution in [2.45, 2.75) is 19.9 Å². The largest absolute Gasteiger partial charge is 0.345 e. The Labute approximate surface area is 135 Å². The zero-order chi connectivity index (χ0) is 16.6. The van der Waals surface area contributed by atoms with E-state index in [2.05, 4.69) is 18.9 Å². The zero-order valence-corrected chi connectivity index (χ0v) is 13.8. The summed E-state index contributed by atoms with van der Waals surface area (Å²) in [5.41, 5.74) is 3.14. The predicted molar refractivity (Wildman–Crippen MR) is 91.4 cm³/mol. The van der Waals surface area contributed by atoms with Gasteiger partial charge in [-0.1, -0.05) is 30.3 Å². The van der Waals surface area contributed by atoms with Gasteiger partial charge < -0.3 is 4.90 Å². The third-order valence-electron chi connectivity index (χ3n) is 3.76. The maximum Gasteiger partial charge on any atom is 0.254 e. The predicted octanol–water partition coefficient (Wildman–Crippen LogP) is 3.38. The van der Waals surface area contributed by atoms with E-state index < -0.39 is 0 Å². The number of pyridine rings is 1. The van der Waals surface area contributed by atoms with Gasteiger partial charge in [-0.15, -0.1) is 0 Å². The molecule has 0 saturated carbocycles. The quantitative estimate of drug-likeness (QED) is 0.745. The summed E-state index contributed by atoms with van der Waals surface area (Å²) in [7, 11) is 3.51. The standard InChI is InChI=1S/C18H20N4O/c1-12(2)22-17-15(11-19-22)14(18(23)21(3)4)10-16(20-17)13-8-6-5-7-9-13/h5-12H,1-4H3. The Morgan fingerprint density at radius 1 is 1.17 bits per heavy atom. The Morgan fingerprint density at radius 2 is 1.87 bits per heavy atom. The Morgan fingerprint density at radius 3 is 2.48 bits per heavy atom. The van der Waals surface area contributed by atoms with Gasteiger partial charge in [0.1, 0.15) is 0 Å². The molecule has 1 aromatic carbocycles. The van der Waals surface area contributed by atoms with Crippen LogP contribution in [0.2, 0.25) is 0 Å². The SMILES string of the molecule is CC(C)n1ncc2c(C(=O)N(C)C)cc(-c3ccccc3)nc21. The average molecular weight is 308 g/mol. The molecule has 0 bridgehead atoms. The fourth-order valence-corrected chi connectivity index (χ4v) is 2.57. The van der Waals surface area contributed by atoms with Crippen LogP contribution in [-0.2, 0) is 0 Å². The van der Waals surface area contributed by atoms with Crippen LogP contribution in [0.5, 0.6) is 0 Å². The lowest BCUT2D eigenvalue weighted by atomic mass is 10.1. The third-order valence-corrected chi connectivity index (χ3v) is 3.76. The number of aromatic nitrogens is 3. The van der Waals surface area contributed by atoms with Crippen molar-refractivity contribution in [1.29, 1.82) is 0 Å². The van der Waals surface area contributed by atoms with Gasteiger partial charge in [-0.05, 0) is 19.9 Å². The molecule has 2 aromatic heterocycles. The maximum absolute atomic E-state index is 12.6. The van der Waals surface area contributed by atoms with E-state index in [9.17, 15) is 4.79 Å². The molecule has 1 amide bonds. The Balaban J connectivity index is 2.30. The first kappa shape index (κ1) is 15.2. The van der Waals surface area contributed by atoms with Gasteiger partial charge in [0, 0.05) is 25.7 Å². The molecule has 23 heavy (non-hydrogen) atoms. The van der Waals surface area contributed by atoms with E-state index in [1.54, 1.807) is 25.2 Å². The fraction of sp³-hybridized carbons (Fsp3) is 0.278. The summed E-state index contributed by atoms with van der Waals surface area (Å²) in [6, 6.07) is 11.9. The summed E-state index contributed by atoms with van der Waals surface area (Å²) in [5, 5.41) is 5.20. The maximum atomic E-state index is 12.6. The minimum atomic E-state index is -0.0436. The normalized spacial score (nSPS) is 11.2. The highest BCUT2D eigenvalue weighted by molar-refractivity contribution is 6.06. The van der Waals surface area contributed by atoms with Gasteiger partial charge in [-0.3, -0.25) is 4.79 Å². The molecule has 5 nitrogen and oxygen atoms in total. The Bertz CT molecular complexity index is 850. The first-order valence-electron chi connectivity index (χ1n) is 7.64. The number of fused-ring (bicyclic) bond motifs is 1. The van der Waals surface area contributed by atoms with Gasteiger partial charge in [0.05, 0.1) is 22.8 Å². The smallest absolute Gasteiger partial charge is 0.254 e. The summed E-state index contributed by atoms with van der Waals surface area (Å²) in [6.45, 7) is 4.10. The summed E-state index contributed by atoms with van der Waals surface area (Å²) < 4.78 is 1.86. The second kappa shape index (κ2) is 5.83. The molecule has 0 aliphatic heterocycles. The summed E-state index contributed by atoms with van der Waals surface area (Å²) >= 11 is 0. The van der Waals surface area contributed by atoms with Crippen molar-refractivity contribution in [3.8, 4) is 11.3 Å². The molecular formula is C18H20N4O. The summed E-state index contributed by atoms with van der Waals surface area (Å²) in [6.07, 6.45) is 1.73. The number of hydrogen-bond acceptors (Lipinski definition) is 3. The number of benzene rings is 1. The van der Waals surface area contributed by atoms with Crippen LogP contribution in [0.3, 0.4) is 0 Å². The second-order valence-corrected chi connectivity index (χ2v) is 6.04. The number of nitrogens with zero attached hydrogens (tertiary/aromatic N) is 4. The van der Waals surface area contributed by atoms with Crippen LogP contribution >= 0.6 is 0 Å². The average Bonchev–Trinajstić information content (AvgIpc) is 2.98. The molecule has 0 saturated heterocycles. The lowest BCUT2D eigenvalue weighted by Crippen LogP contribution is -2.22. The first-order valence-corrected chi connectivity index (χ1v) is 7.64. The van der Waals surface area contributed by atoms with Crippen molar-refractivity contribution < 1.29 is 4.79 Å². The third kappa shape index (κ3) is 2.70. The molecular weight excluding hydrogens is 288 g/mol. The van der Waals surface area contributed by atoms with Gasteiger partial charge in [0.2, 0.25) is 0 Å². The number of carbonyl (C=O) groups is 1. The molecule has 0 fully saturated rings. The van der Waals surface area contributed by atoms with Crippen molar-refractivity contribution in [3.63, 3.8) is 0 Å². The van der Waals surface area contributed by atoms with Gasteiger partial charge in [-0.2, -0.15) is 5.10 Å². The highest BCUT2D eigenvalue weighted by atomic mass is 16.2. The molecule has 2 heterocycles. The minimum absolute atomic E-state index is 0.0436. The molecule has 3 rings (SSSR count). The molecule has 5 heteroatoms. The molecule has 118 valence electrons. The van der Waals surface area contributed by atoms with Crippen LogP contribution in [0.1, 0.15) is 30.2 Å². The van der Waals surface area contributed by atoms with Crippen LogP contribution in [0.15, 0.2) is 42.6 Å². The van der Waals surface area contributed by atoms with Gasteiger partial charge in [-0.25, -0.2) is 9.67 Å². The number of rotatable bonds is 3. The van der Waals surface area contributed by atoms with Crippen LogP contribution in [-0.4, -0.2) is 39.7 Å². The molecule has 0 atom stereocenters. The number of amides is 1. The second-order valence-electron chi connectivity index (χ2n) is 6.04. The topological polar surface area (TPSA) is 51.0 Å². The number of hydrogen-bond donors (Lipinski definition) is 0.